The highest BCUT2D eigenvalue weighted by molar-refractivity contribution is 6.32. The number of aliphatic hydroxyl groups is 1. The average molecular weight is 336 g/mol. The Morgan fingerprint density at radius 1 is 1.39 bits per heavy atom. The van der Waals surface area contributed by atoms with Gasteiger partial charge in [-0.2, -0.15) is 5.10 Å². The van der Waals surface area contributed by atoms with Crippen molar-refractivity contribution in [1.82, 2.24) is 15.1 Å². The van der Waals surface area contributed by atoms with Gasteiger partial charge in [0.15, 0.2) is 5.69 Å². The van der Waals surface area contributed by atoms with Gasteiger partial charge < -0.3 is 10.4 Å². The molecule has 2 aromatic rings. The Bertz CT molecular complexity index is 695. The van der Waals surface area contributed by atoms with Gasteiger partial charge in [0.05, 0.1) is 10.7 Å². The molecule has 0 aliphatic heterocycles. The highest BCUT2D eigenvalue weighted by atomic mass is 35.5. The van der Waals surface area contributed by atoms with Crippen LogP contribution >= 0.6 is 11.6 Å². The Hall–Kier alpha value is -1.85. The van der Waals surface area contributed by atoms with Gasteiger partial charge in [-0.25, -0.2) is 4.68 Å². The van der Waals surface area contributed by atoms with Gasteiger partial charge >= 0.3 is 0 Å². The number of para-hydroxylation sites is 1. The Labute approximate surface area is 141 Å². The third-order valence-electron chi connectivity index (χ3n) is 3.73. The van der Waals surface area contributed by atoms with E-state index in [1.54, 1.807) is 16.9 Å². The fraction of sp³-hybridized carbons (Fsp3) is 0.412. The summed E-state index contributed by atoms with van der Waals surface area (Å²) in [5.41, 5.74) is 1.73. The summed E-state index contributed by atoms with van der Waals surface area (Å²) in [7, 11) is 0. The second-order valence-corrected chi connectivity index (χ2v) is 6.78. The number of halogens is 1. The van der Waals surface area contributed by atoms with Gasteiger partial charge in [0.2, 0.25) is 0 Å². The summed E-state index contributed by atoms with van der Waals surface area (Å²) in [6, 6.07) is 7.35. The number of nitrogens with zero attached hydrogens (tertiary/aromatic N) is 2. The first-order valence-electron chi connectivity index (χ1n) is 7.54. The molecular formula is C17H22ClN3O2. The molecule has 5 nitrogen and oxygen atoms in total. The third-order valence-corrected chi connectivity index (χ3v) is 4.05. The van der Waals surface area contributed by atoms with Crippen molar-refractivity contribution in [3.8, 4) is 5.69 Å². The van der Waals surface area contributed by atoms with Gasteiger partial charge in [-0.3, -0.25) is 4.79 Å². The fourth-order valence-corrected chi connectivity index (χ4v) is 2.46. The summed E-state index contributed by atoms with van der Waals surface area (Å²) in [4.78, 5) is 12.4. The van der Waals surface area contributed by atoms with Crippen LogP contribution in [0.1, 0.15) is 36.3 Å². The number of rotatable bonds is 6. The van der Waals surface area contributed by atoms with Crippen molar-refractivity contribution in [2.75, 3.05) is 13.2 Å². The standard InChI is InChI=1S/C17H22ClN3O2/c1-12-10-21(14-7-5-4-6-13(14)18)20-15(12)16(23)19-11-17(2,3)8-9-22/h4-7,10,22H,8-9,11H2,1-3H3,(H,19,23). The Kier molecular flexibility index (Phi) is 5.44. The van der Waals surface area contributed by atoms with Crippen LogP contribution in [0.15, 0.2) is 30.5 Å². The lowest BCUT2D eigenvalue weighted by Crippen LogP contribution is -2.35. The zero-order chi connectivity index (χ0) is 17.0. The summed E-state index contributed by atoms with van der Waals surface area (Å²) >= 11 is 6.17. The summed E-state index contributed by atoms with van der Waals surface area (Å²) in [5, 5.41) is 16.9. The van der Waals surface area contributed by atoms with Crippen molar-refractivity contribution < 1.29 is 9.90 Å². The van der Waals surface area contributed by atoms with E-state index in [0.717, 1.165) is 11.3 Å². The van der Waals surface area contributed by atoms with E-state index in [-0.39, 0.29) is 17.9 Å². The maximum atomic E-state index is 12.4. The first-order valence-corrected chi connectivity index (χ1v) is 7.92. The van der Waals surface area contributed by atoms with E-state index < -0.39 is 0 Å². The molecule has 23 heavy (non-hydrogen) atoms. The smallest absolute Gasteiger partial charge is 0.272 e. The molecule has 1 aromatic heterocycles. The molecule has 124 valence electrons. The van der Waals surface area contributed by atoms with Crippen LogP contribution < -0.4 is 5.32 Å². The van der Waals surface area contributed by atoms with Crippen molar-refractivity contribution >= 4 is 17.5 Å². The largest absolute Gasteiger partial charge is 0.396 e. The number of nitrogens with one attached hydrogen (secondary N) is 1. The molecule has 2 N–H and O–H groups in total. The molecule has 0 fully saturated rings. The topological polar surface area (TPSA) is 67.2 Å². The van der Waals surface area contributed by atoms with Crippen LogP contribution in [0.3, 0.4) is 0 Å². The van der Waals surface area contributed by atoms with Crippen molar-refractivity contribution in [3.63, 3.8) is 0 Å². The van der Waals surface area contributed by atoms with E-state index >= 15 is 0 Å². The molecule has 0 bridgehead atoms. The van der Waals surface area contributed by atoms with E-state index in [0.29, 0.717) is 23.7 Å². The van der Waals surface area contributed by atoms with Gasteiger partial charge in [0.25, 0.3) is 5.91 Å². The quantitative estimate of drug-likeness (QED) is 0.852. The van der Waals surface area contributed by atoms with Crippen molar-refractivity contribution in [3.05, 3.63) is 46.7 Å². The van der Waals surface area contributed by atoms with E-state index in [4.69, 9.17) is 16.7 Å². The number of aliphatic hydroxyl groups excluding tert-OH is 1. The van der Waals surface area contributed by atoms with Gasteiger partial charge in [-0.1, -0.05) is 37.6 Å². The lowest BCUT2D eigenvalue weighted by Gasteiger charge is -2.23. The maximum absolute atomic E-state index is 12.4. The predicted molar refractivity (Wildman–Crippen MR) is 91.1 cm³/mol. The molecule has 2 rings (SSSR count). The van der Waals surface area contributed by atoms with E-state index in [9.17, 15) is 4.79 Å². The summed E-state index contributed by atoms with van der Waals surface area (Å²) in [6.07, 6.45) is 2.41. The zero-order valence-electron chi connectivity index (χ0n) is 13.6. The lowest BCUT2D eigenvalue weighted by atomic mass is 9.90. The third kappa shape index (κ3) is 4.33. The van der Waals surface area contributed by atoms with Crippen molar-refractivity contribution in [1.29, 1.82) is 0 Å². The van der Waals surface area contributed by atoms with Crippen LogP contribution in [0.2, 0.25) is 5.02 Å². The number of carbonyl (C=O) groups is 1. The predicted octanol–water partition coefficient (Wildman–Crippen LogP) is 2.97. The Balaban J connectivity index is 2.15. The lowest BCUT2D eigenvalue weighted by molar-refractivity contribution is 0.0922. The second-order valence-electron chi connectivity index (χ2n) is 6.38. The molecule has 0 aliphatic carbocycles. The van der Waals surface area contributed by atoms with Crippen LogP contribution in [0.4, 0.5) is 0 Å². The molecular weight excluding hydrogens is 314 g/mol. The molecule has 1 heterocycles. The number of hydrogen-bond donors (Lipinski definition) is 2. The molecule has 0 saturated carbocycles. The molecule has 1 aromatic carbocycles. The minimum absolute atomic E-state index is 0.100. The van der Waals surface area contributed by atoms with Crippen molar-refractivity contribution in [2.45, 2.75) is 27.2 Å². The number of hydrogen-bond acceptors (Lipinski definition) is 3. The number of amides is 1. The van der Waals surface area contributed by atoms with Gasteiger partial charge in [0, 0.05) is 24.9 Å². The second kappa shape index (κ2) is 7.15. The number of benzene rings is 1. The zero-order valence-corrected chi connectivity index (χ0v) is 14.4. The maximum Gasteiger partial charge on any atom is 0.272 e. The summed E-state index contributed by atoms with van der Waals surface area (Å²) in [5.74, 6) is -0.223. The normalized spacial score (nSPS) is 11.5. The molecule has 0 saturated heterocycles. The Morgan fingerprint density at radius 3 is 2.74 bits per heavy atom. The van der Waals surface area contributed by atoms with Crippen molar-refractivity contribution in [2.24, 2.45) is 5.41 Å². The van der Waals surface area contributed by atoms with E-state index in [1.807, 2.05) is 39.0 Å². The highest BCUT2D eigenvalue weighted by Crippen LogP contribution is 2.21. The van der Waals surface area contributed by atoms with Crippen LogP contribution in [0.5, 0.6) is 0 Å². The van der Waals surface area contributed by atoms with Crippen LogP contribution in [-0.2, 0) is 0 Å². The molecule has 0 spiro atoms. The van der Waals surface area contributed by atoms with E-state index in [2.05, 4.69) is 10.4 Å². The number of aromatic nitrogens is 2. The minimum atomic E-state index is -0.223. The van der Waals surface area contributed by atoms with Crippen LogP contribution in [-0.4, -0.2) is 33.9 Å². The van der Waals surface area contributed by atoms with Crippen LogP contribution in [0.25, 0.3) is 5.69 Å². The van der Waals surface area contributed by atoms with E-state index in [1.165, 1.54) is 0 Å². The summed E-state index contributed by atoms with van der Waals surface area (Å²) in [6.45, 7) is 6.42. The molecule has 0 unspecified atom stereocenters. The van der Waals surface area contributed by atoms with Gasteiger partial charge in [0.1, 0.15) is 0 Å². The van der Waals surface area contributed by atoms with Gasteiger partial charge in [-0.05, 0) is 30.9 Å². The first-order chi connectivity index (χ1) is 10.8. The number of carbonyl (C=O) groups excluding carboxylic acids is 1. The molecule has 6 heteroatoms. The van der Waals surface area contributed by atoms with Gasteiger partial charge in [-0.15, -0.1) is 0 Å². The highest BCUT2D eigenvalue weighted by Gasteiger charge is 2.21. The SMILES string of the molecule is Cc1cn(-c2ccccc2Cl)nc1C(=O)NCC(C)(C)CCO. The first kappa shape index (κ1) is 17.5. The molecule has 0 radical (unpaired) electrons. The minimum Gasteiger partial charge on any atom is -0.396 e. The molecule has 0 aliphatic rings. The monoisotopic (exact) mass is 335 g/mol. The molecule has 0 atom stereocenters. The average Bonchev–Trinajstić information content (AvgIpc) is 2.87. The Morgan fingerprint density at radius 2 is 2.09 bits per heavy atom. The number of aryl methyl sites for hydroxylation is 1. The summed E-state index contributed by atoms with van der Waals surface area (Å²) < 4.78 is 1.62. The fourth-order valence-electron chi connectivity index (χ4n) is 2.24. The molecule has 1 amide bonds. The van der Waals surface area contributed by atoms with Crippen LogP contribution in [0, 0.1) is 12.3 Å².